The molecule has 16 heavy (non-hydrogen) atoms. The van der Waals surface area contributed by atoms with E-state index >= 15 is 0 Å². The van der Waals surface area contributed by atoms with E-state index in [0.717, 1.165) is 0 Å². The summed E-state index contributed by atoms with van der Waals surface area (Å²) in [6.45, 7) is 9.27. The number of hydrogen-bond donors (Lipinski definition) is 0. The topological polar surface area (TPSA) is 3.24 Å². The molecule has 0 amide bonds. The maximum Gasteiger partial charge on any atom is 0.143 e. The predicted octanol–water partition coefficient (Wildman–Crippen LogP) is 2.76. The second-order valence-electron chi connectivity index (χ2n) is 4.29. The number of unbranched alkanes of at least 4 members (excludes halogenated alkanes) is 1. The molecule has 0 aliphatic carbocycles. The van der Waals surface area contributed by atoms with Crippen LogP contribution in [0.2, 0.25) is 6.04 Å². The molecular weight excluding hydrogens is 210 g/mol. The predicted molar refractivity (Wildman–Crippen MR) is 75.9 cm³/mol. The molecule has 1 atom stereocenters. The van der Waals surface area contributed by atoms with Gasteiger partial charge in [0.2, 0.25) is 0 Å². The fourth-order valence-corrected chi connectivity index (χ4v) is 5.76. The van der Waals surface area contributed by atoms with Crippen LogP contribution >= 0.6 is 0 Å². The molecule has 1 aromatic carbocycles. The van der Waals surface area contributed by atoms with Gasteiger partial charge < -0.3 is 4.57 Å². The van der Waals surface area contributed by atoms with Gasteiger partial charge in [0, 0.05) is 0 Å². The number of nitrogens with zero attached hydrogens (tertiary/aromatic N) is 1. The Bertz CT molecular complexity index is 269. The Morgan fingerprint density at radius 2 is 1.62 bits per heavy atom. The van der Waals surface area contributed by atoms with Crippen LogP contribution in [0.4, 0.5) is 0 Å². The third-order valence-corrected chi connectivity index (χ3v) is 6.99. The van der Waals surface area contributed by atoms with E-state index in [4.69, 9.17) is 0 Å². The molecule has 1 aromatic rings. The second kappa shape index (κ2) is 7.63. The lowest BCUT2D eigenvalue weighted by Gasteiger charge is -2.28. The summed E-state index contributed by atoms with van der Waals surface area (Å²) in [6, 6.07) is 12.6. The van der Waals surface area contributed by atoms with Gasteiger partial charge in [-0.25, -0.2) is 0 Å². The lowest BCUT2D eigenvalue weighted by Crippen LogP contribution is -2.47. The Labute approximate surface area is 102 Å². The van der Waals surface area contributed by atoms with Crippen LogP contribution in [0.15, 0.2) is 30.3 Å². The monoisotopic (exact) mass is 235 g/mol. The molecule has 2 heteroatoms. The van der Waals surface area contributed by atoms with Gasteiger partial charge in [0.15, 0.2) is 0 Å². The first-order valence-corrected chi connectivity index (χ1v) is 8.53. The summed E-state index contributed by atoms with van der Waals surface area (Å²) in [6.07, 6.45) is 2.69. The van der Waals surface area contributed by atoms with Crippen LogP contribution in [0.5, 0.6) is 0 Å². The molecule has 0 saturated heterocycles. The molecule has 0 aliphatic rings. The highest BCUT2D eigenvalue weighted by Gasteiger charge is 2.18. The third-order valence-electron chi connectivity index (χ3n) is 3.27. The highest BCUT2D eigenvalue weighted by molar-refractivity contribution is 6.70. The van der Waals surface area contributed by atoms with Gasteiger partial charge in [0.05, 0.1) is 0 Å². The molecule has 0 bridgehead atoms. The lowest BCUT2D eigenvalue weighted by molar-refractivity contribution is 0.481. The maximum absolute atomic E-state index is 2.70. The Morgan fingerprint density at radius 3 is 2.12 bits per heavy atom. The number of hydrogen-bond acceptors (Lipinski definition) is 1. The molecule has 0 aromatic heterocycles. The van der Waals surface area contributed by atoms with Gasteiger partial charge in [-0.05, 0) is 24.3 Å². The Morgan fingerprint density at radius 1 is 1.00 bits per heavy atom. The highest BCUT2D eigenvalue weighted by atomic mass is 28.3. The van der Waals surface area contributed by atoms with Crippen molar-refractivity contribution in [2.75, 3.05) is 13.1 Å². The average Bonchev–Trinajstić information content (AvgIpc) is 2.35. The molecule has 0 N–H and O–H groups in total. The minimum absolute atomic E-state index is 0.891. The summed E-state index contributed by atoms with van der Waals surface area (Å²) in [4.78, 5) is 0. The normalized spacial score (nSPS) is 13.0. The largest absolute Gasteiger partial charge is 0.323 e. The summed E-state index contributed by atoms with van der Waals surface area (Å²) >= 11 is 0. The van der Waals surface area contributed by atoms with Crippen LogP contribution in [0, 0.1) is 0 Å². The molecular formula is C14H25NSi. The first kappa shape index (κ1) is 13.5. The molecule has 1 rings (SSSR count). The molecule has 0 spiro atoms. The van der Waals surface area contributed by atoms with E-state index in [2.05, 4.69) is 55.7 Å². The first-order valence-electron chi connectivity index (χ1n) is 6.62. The zero-order valence-electron chi connectivity index (χ0n) is 10.9. The van der Waals surface area contributed by atoms with Crippen molar-refractivity contribution < 1.29 is 0 Å². The van der Waals surface area contributed by atoms with Crippen molar-refractivity contribution >= 4 is 14.1 Å². The van der Waals surface area contributed by atoms with E-state index < -0.39 is 8.96 Å². The zero-order valence-corrected chi connectivity index (χ0v) is 12.1. The van der Waals surface area contributed by atoms with Crippen molar-refractivity contribution in [2.24, 2.45) is 0 Å². The van der Waals surface area contributed by atoms with E-state index in [-0.39, 0.29) is 0 Å². The Kier molecular flexibility index (Phi) is 6.42. The Hall–Kier alpha value is -0.603. The Balaban J connectivity index is 2.78. The smallest absolute Gasteiger partial charge is 0.143 e. The van der Waals surface area contributed by atoms with Crippen molar-refractivity contribution in [1.82, 2.24) is 4.57 Å². The van der Waals surface area contributed by atoms with E-state index in [9.17, 15) is 0 Å². The standard InChI is InChI=1S/C14H25NSi/c1-4-7-13-16(15(5-2)6-3)14-11-9-8-10-12-14/h8-12,16H,4-7,13H2,1-3H3. The SMILES string of the molecule is CCCC[SiH](c1ccccc1)N(CC)CC. The molecule has 0 heterocycles. The van der Waals surface area contributed by atoms with Crippen LogP contribution in [0.25, 0.3) is 0 Å². The molecule has 0 saturated carbocycles. The highest BCUT2D eigenvalue weighted by Crippen LogP contribution is 2.07. The van der Waals surface area contributed by atoms with Crippen LogP contribution < -0.4 is 5.19 Å². The molecule has 0 radical (unpaired) electrons. The molecule has 1 unspecified atom stereocenters. The van der Waals surface area contributed by atoms with Gasteiger partial charge in [-0.3, -0.25) is 0 Å². The molecule has 0 aliphatic heterocycles. The van der Waals surface area contributed by atoms with Crippen molar-refractivity contribution in [3.8, 4) is 0 Å². The summed E-state index contributed by atoms with van der Waals surface area (Å²) in [5.41, 5.74) is 0. The van der Waals surface area contributed by atoms with Crippen LogP contribution in [-0.4, -0.2) is 26.6 Å². The van der Waals surface area contributed by atoms with Crippen LogP contribution in [0.1, 0.15) is 33.6 Å². The van der Waals surface area contributed by atoms with Crippen LogP contribution in [-0.2, 0) is 0 Å². The number of rotatable bonds is 7. The summed E-state index contributed by atoms with van der Waals surface area (Å²) in [5, 5.41) is 1.61. The minimum atomic E-state index is -0.891. The summed E-state index contributed by atoms with van der Waals surface area (Å²) in [7, 11) is -0.891. The first-order chi connectivity index (χ1) is 7.83. The third kappa shape index (κ3) is 3.76. The van der Waals surface area contributed by atoms with Gasteiger partial charge in [-0.1, -0.05) is 63.9 Å². The van der Waals surface area contributed by atoms with Crippen LogP contribution in [0.3, 0.4) is 0 Å². The lowest BCUT2D eigenvalue weighted by atomic mass is 10.4. The van der Waals surface area contributed by atoms with E-state index in [1.54, 1.807) is 5.19 Å². The zero-order chi connectivity index (χ0) is 11.8. The van der Waals surface area contributed by atoms with Gasteiger partial charge >= 0.3 is 0 Å². The van der Waals surface area contributed by atoms with E-state index in [1.165, 1.54) is 32.0 Å². The van der Waals surface area contributed by atoms with Gasteiger partial charge in [0.25, 0.3) is 0 Å². The van der Waals surface area contributed by atoms with Gasteiger partial charge in [0.1, 0.15) is 8.96 Å². The average molecular weight is 235 g/mol. The maximum atomic E-state index is 2.70. The van der Waals surface area contributed by atoms with Gasteiger partial charge in [-0.15, -0.1) is 0 Å². The summed E-state index contributed by atoms with van der Waals surface area (Å²) in [5.74, 6) is 0. The minimum Gasteiger partial charge on any atom is -0.323 e. The van der Waals surface area contributed by atoms with Crippen molar-refractivity contribution in [1.29, 1.82) is 0 Å². The van der Waals surface area contributed by atoms with Crippen molar-refractivity contribution in [3.63, 3.8) is 0 Å². The fourth-order valence-electron chi connectivity index (χ4n) is 2.30. The molecule has 0 fully saturated rings. The second-order valence-corrected chi connectivity index (χ2v) is 7.30. The number of benzene rings is 1. The quantitative estimate of drug-likeness (QED) is 0.657. The van der Waals surface area contributed by atoms with Gasteiger partial charge in [-0.2, -0.15) is 0 Å². The summed E-state index contributed by atoms with van der Waals surface area (Å²) < 4.78 is 2.70. The van der Waals surface area contributed by atoms with Crippen molar-refractivity contribution in [3.05, 3.63) is 30.3 Å². The fraction of sp³-hybridized carbons (Fsp3) is 0.571. The van der Waals surface area contributed by atoms with Crippen molar-refractivity contribution in [2.45, 2.75) is 39.7 Å². The molecule has 1 nitrogen and oxygen atoms in total. The molecule has 90 valence electrons. The van der Waals surface area contributed by atoms with E-state index in [0.29, 0.717) is 0 Å². The van der Waals surface area contributed by atoms with E-state index in [1.807, 2.05) is 0 Å².